The molecule has 0 aromatic heterocycles. The Hall–Kier alpha value is -4.14. The van der Waals surface area contributed by atoms with Crippen LogP contribution in [0.15, 0.2) is 133 Å². The monoisotopic (exact) mass is 698 g/mol. The smallest absolute Gasteiger partial charge is 0.225 e. The maximum Gasteiger partial charge on any atom is 0.225 e. The van der Waals surface area contributed by atoms with Gasteiger partial charge in [0.1, 0.15) is 23.9 Å². The maximum absolute atomic E-state index is 9.18. The van der Waals surface area contributed by atoms with E-state index < -0.39 is 29.7 Å². The van der Waals surface area contributed by atoms with Crippen molar-refractivity contribution in [1.82, 2.24) is 0 Å². The highest BCUT2D eigenvalue weighted by Crippen LogP contribution is 2.53. The maximum atomic E-state index is 9.18. The van der Waals surface area contributed by atoms with E-state index in [1.165, 1.54) is 22.3 Å². The van der Waals surface area contributed by atoms with Crippen LogP contribution in [0.5, 0.6) is 0 Å². The molecule has 2 fully saturated rings. The van der Waals surface area contributed by atoms with Crippen LogP contribution in [0.1, 0.15) is 64.3 Å². The van der Waals surface area contributed by atoms with Gasteiger partial charge in [-0.05, 0) is 84.5 Å². The fourth-order valence-electron chi connectivity index (χ4n) is 7.47. The van der Waals surface area contributed by atoms with E-state index in [-0.39, 0.29) is 6.61 Å². The average molecular weight is 699 g/mol. The van der Waals surface area contributed by atoms with E-state index in [2.05, 4.69) is 92.7 Å². The number of hydrogen-bond donors (Lipinski definition) is 1. The highest BCUT2D eigenvalue weighted by atomic mass is 16.8. The summed E-state index contributed by atoms with van der Waals surface area (Å²) in [5.74, 6) is -1.23. The van der Waals surface area contributed by atoms with Crippen molar-refractivity contribution >= 4 is 0 Å². The van der Waals surface area contributed by atoms with Gasteiger partial charge in [-0.2, -0.15) is 0 Å². The summed E-state index contributed by atoms with van der Waals surface area (Å²) in [4.78, 5) is 0. The molecule has 5 aromatic carbocycles. The SMILES string of the molecule is Cc1ccc([C@]23OC[C@](C)(O2)[C@@H](OCc2ccccc2)[C@H](OCc2ccccc2)[C@H]3OCc2ccccc2)cc1Cc1ccc(CCCCO)cc1. The first-order valence-electron chi connectivity index (χ1n) is 18.6. The molecule has 2 heterocycles. The molecule has 6 heteroatoms. The summed E-state index contributed by atoms with van der Waals surface area (Å²) in [6.45, 7) is 5.95. The van der Waals surface area contributed by atoms with E-state index in [4.69, 9.17) is 23.7 Å². The molecule has 0 saturated carbocycles. The molecule has 2 aliphatic rings. The Labute approximate surface area is 308 Å². The Morgan fingerprint density at radius 1 is 0.635 bits per heavy atom. The fraction of sp³-hybridized carbons (Fsp3) is 0.348. The number of fused-ring (bicyclic) bond motifs is 2. The first kappa shape index (κ1) is 36.2. The number of aryl methyl sites for hydroxylation is 2. The largest absolute Gasteiger partial charge is 0.396 e. The Balaban J connectivity index is 1.24. The van der Waals surface area contributed by atoms with Gasteiger partial charge in [-0.25, -0.2) is 0 Å². The van der Waals surface area contributed by atoms with E-state index >= 15 is 0 Å². The molecule has 6 nitrogen and oxygen atoms in total. The second-order valence-electron chi connectivity index (χ2n) is 14.4. The molecular formula is C46H50O6. The number of aliphatic hydroxyl groups is 1. The minimum atomic E-state index is -1.23. The second-order valence-corrected chi connectivity index (χ2v) is 14.4. The number of unbranched alkanes of at least 4 members (excludes halogenated alkanes) is 1. The number of ether oxygens (including phenoxy) is 5. The Morgan fingerprint density at radius 2 is 1.19 bits per heavy atom. The van der Waals surface area contributed by atoms with Crippen LogP contribution in [-0.2, 0) is 62.1 Å². The normalized spacial score (nSPS) is 23.9. The predicted octanol–water partition coefficient (Wildman–Crippen LogP) is 8.63. The number of hydrogen-bond acceptors (Lipinski definition) is 6. The van der Waals surface area contributed by atoms with Gasteiger partial charge in [-0.1, -0.05) is 127 Å². The lowest BCUT2D eigenvalue weighted by Gasteiger charge is -2.50. The lowest BCUT2D eigenvalue weighted by molar-refractivity contribution is -0.346. The van der Waals surface area contributed by atoms with Gasteiger partial charge in [0, 0.05) is 12.2 Å². The van der Waals surface area contributed by atoms with Crippen LogP contribution in [0.2, 0.25) is 0 Å². The Kier molecular flexibility index (Phi) is 11.6. The standard InChI is InChI=1S/C46H50O6/c1-34-21-26-41(29-40(34)28-36-24-22-35(23-25-36)14-12-13-27-47)46-44(50-32-39-19-10-5-11-20-39)42(48-30-37-15-6-3-7-16-37)43(45(2,52-46)33-51-46)49-31-38-17-8-4-9-18-38/h3-11,15-26,29,42-44,47H,12-14,27-28,30-33H2,1-2H3/t42-,43-,44+,45-,46-/m0/s1. The van der Waals surface area contributed by atoms with Crippen LogP contribution in [0.3, 0.4) is 0 Å². The van der Waals surface area contributed by atoms with Crippen LogP contribution in [0.4, 0.5) is 0 Å². The van der Waals surface area contributed by atoms with Crippen molar-refractivity contribution < 1.29 is 28.8 Å². The van der Waals surface area contributed by atoms with Gasteiger partial charge in [0.25, 0.3) is 0 Å². The molecule has 0 unspecified atom stereocenters. The van der Waals surface area contributed by atoms with Crippen molar-refractivity contribution in [3.8, 4) is 0 Å². The Morgan fingerprint density at radius 3 is 1.79 bits per heavy atom. The molecule has 52 heavy (non-hydrogen) atoms. The van der Waals surface area contributed by atoms with Crippen molar-refractivity contribution in [2.75, 3.05) is 13.2 Å². The summed E-state index contributed by atoms with van der Waals surface area (Å²) in [6, 6.07) is 46.0. The number of aliphatic hydroxyl groups excluding tert-OH is 1. The summed E-state index contributed by atoms with van der Waals surface area (Å²) in [5, 5.41) is 9.18. The third-order valence-electron chi connectivity index (χ3n) is 10.4. The molecule has 270 valence electrons. The molecule has 1 N–H and O–H groups in total. The first-order valence-corrected chi connectivity index (χ1v) is 18.6. The van der Waals surface area contributed by atoms with Crippen LogP contribution >= 0.6 is 0 Å². The van der Waals surface area contributed by atoms with Crippen LogP contribution in [0, 0.1) is 6.92 Å². The molecule has 5 aromatic rings. The molecule has 2 bridgehead atoms. The summed E-state index contributed by atoms with van der Waals surface area (Å²) < 4.78 is 34.8. The highest BCUT2D eigenvalue weighted by molar-refractivity contribution is 5.39. The second kappa shape index (κ2) is 16.7. The predicted molar refractivity (Wildman–Crippen MR) is 203 cm³/mol. The van der Waals surface area contributed by atoms with Crippen molar-refractivity contribution in [3.05, 3.63) is 178 Å². The van der Waals surface area contributed by atoms with E-state index in [1.54, 1.807) is 0 Å². The molecule has 0 spiro atoms. The van der Waals surface area contributed by atoms with E-state index in [0.29, 0.717) is 26.4 Å². The summed E-state index contributed by atoms with van der Waals surface area (Å²) in [6.07, 6.45) is 1.91. The first-order chi connectivity index (χ1) is 25.5. The van der Waals surface area contributed by atoms with Gasteiger partial charge < -0.3 is 28.8 Å². The fourth-order valence-corrected chi connectivity index (χ4v) is 7.47. The molecule has 0 amide bonds. The van der Waals surface area contributed by atoms with Crippen molar-refractivity contribution in [2.24, 2.45) is 0 Å². The molecule has 7 rings (SSSR count). The lowest BCUT2D eigenvalue weighted by Crippen LogP contribution is -2.65. The third-order valence-corrected chi connectivity index (χ3v) is 10.4. The molecule has 2 saturated heterocycles. The quantitative estimate of drug-likeness (QED) is 0.104. The van der Waals surface area contributed by atoms with Gasteiger partial charge in [0.15, 0.2) is 0 Å². The summed E-state index contributed by atoms with van der Waals surface area (Å²) in [5.41, 5.74) is 8.23. The number of rotatable bonds is 16. The number of benzene rings is 5. The lowest BCUT2D eigenvalue weighted by atomic mass is 9.83. The van der Waals surface area contributed by atoms with Gasteiger partial charge in [-0.3, -0.25) is 0 Å². The molecule has 0 radical (unpaired) electrons. The zero-order chi connectivity index (χ0) is 35.8. The van der Waals surface area contributed by atoms with Crippen LogP contribution in [0.25, 0.3) is 0 Å². The third kappa shape index (κ3) is 8.24. The summed E-state index contributed by atoms with van der Waals surface area (Å²) in [7, 11) is 0. The van der Waals surface area contributed by atoms with Crippen molar-refractivity contribution in [3.63, 3.8) is 0 Å². The van der Waals surface area contributed by atoms with Gasteiger partial charge in [0.2, 0.25) is 5.79 Å². The van der Waals surface area contributed by atoms with E-state index in [9.17, 15) is 5.11 Å². The average Bonchev–Trinajstić information content (AvgIpc) is 3.51. The van der Waals surface area contributed by atoms with Gasteiger partial charge in [-0.15, -0.1) is 0 Å². The van der Waals surface area contributed by atoms with Crippen molar-refractivity contribution in [1.29, 1.82) is 0 Å². The minimum absolute atomic E-state index is 0.237. The highest BCUT2D eigenvalue weighted by Gasteiger charge is 2.67. The van der Waals surface area contributed by atoms with Crippen LogP contribution in [-0.4, -0.2) is 42.2 Å². The van der Waals surface area contributed by atoms with E-state index in [0.717, 1.165) is 47.9 Å². The van der Waals surface area contributed by atoms with Crippen molar-refractivity contribution in [2.45, 2.75) is 89.1 Å². The topological polar surface area (TPSA) is 66.4 Å². The summed E-state index contributed by atoms with van der Waals surface area (Å²) >= 11 is 0. The Bertz CT molecular complexity index is 1850. The zero-order valence-electron chi connectivity index (χ0n) is 30.3. The zero-order valence-corrected chi connectivity index (χ0v) is 30.3. The molecular weight excluding hydrogens is 649 g/mol. The van der Waals surface area contributed by atoms with Gasteiger partial charge >= 0.3 is 0 Å². The minimum Gasteiger partial charge on any atom is -0.396 e. The van der Waals surface area contributed by atoms with Gasteiger partial charge in [0.05, 0.1) is 26.4 Å². The molecule has 2 aliphatic heterocycles. The van der Waals surface area contributed by atoms with Crippen LogP contribution < -0.4 is 0 Å². The van der Waals surface area contributed by atoms with E-state index in [1.807, 2.05) is 54.6 Å². The molecule has 5 atom stereocenters. The molecule has 0 aliphatic carbocycles.